The number of rotatable bonds is 3. The minimum Gasteiger partial charge on any atom is -0.348 e. The normalized spacial score (nSPS) is 27.9. The molecule has 3 nitrogen and oxygen atoms in total. The lowest BCUT2D eigenvalue weighted by molar-refractivity contribution is -0.128. The van der Waals surface area contributed by atoms with Gasteiger partial charge in [-0.15, -0.1) is 0 Å². The maximum absolute atomic E-state index is 11.1. The largest absolute Gasteiger partial charge is 0.348 e. The molecule has 0 spiro atoms. The average molecular weight is 170 g/mol. The van der Waals surface area contributed by atoms with E-state index >= 15 is 0 Å². The fraction of sp³-hybridized carbons (Fsp3) is 0.889. The maximum atomic E-state index is 11.1. The summed E-state index contributed by atoms with van der Waals surface area (Å²) in [5.74, 6) is 1.01. The van der Waals surface area contributed by atoms with Gasteiger partial charge in [0.15, 0.2) is 0 Å². The zero-order valence-electron chi connectivity index (χ0n) is 8.13. The number of hydrogen-bond acceptors (Lipinski definition) is 2. The van der Waals surface area contributed by atoms with Crippen LogP contribution in [0.3, 0.4) is 0 Å². The summed E-state index contributed by atoms with van der Waals surface area (Å²) >= 11 is 0. The Morgan fingerprint density at radius 1 is 1.50 bits per heavy atom. The summed E-state index contributed by atoms with van der Waals surface area (Å²) in [6.45, 7) is 2.73. The zero-order valence-corrected chi connectivity index (χ0v) is 8.13. The van der Waals surface area contributed by atoms with Crippen molar-refractivity contribution in [1.82, 2.24) is 10.2 Å². The Bertz CT molecular complexity index is 162. The molecule has 70 valence electrons. The molecule has 0 unspecified atom stereocenters. The molecule has 0 bridgehead atoms. The first-order chi connectivity index (χ1) is 5.59. The highest BCUT2D eigenvalue weighted by Crippen LogP contribution is 2.25. The first-order valence-corrected chi connectivity index (χ1v) is 4.53. The van der Waals surface area contributed by atoms with Crippen molar-refractivity contribution in [3.63, 3.8) is 0 Å². The molecule has 0 aromatic carbocycles. The molecule has 1 saturated carbocycles. The molecule has 0 atom stereocenters. The zero-order chi connectivity index (χ0) is 9.14. The first-order valence-electron chi connectivity index (χ1n) is 4.53. The van der Waals surface area contributed by atoms with E-state index in [0.29, 0.717) is 12.6 Å². The van der Waals surface area contributed by atoms with Gasteiger partial charge in [-0.3, -0.25) is 4.79 Å². The highest BCUT2D eigenvalue weighted by molar-refractivity contribution is 5.77. The summed E-state index contributed by atoms with van der Waals surface area (Å²) in [5.41, 5.74) is 0. The summed E-state index contributed by atoms with van der Waals surface area (Å²) in [6.07, 6.45) is 2.45. The van der Waals surface area contributed by atoms with Crippen molar-refractivity contribution in [2.75, 3.05) is 20.6 Å². The predicted molar refractivity (Wildman–Crippen MR) is 48.9 cm³/mol. The molecule has 0 heterocycles. The van der Waals surface area contributed by atoms with Crippen LogP contribution in [0.1, 0.15) is 19.8 Å². The second-order valence-corrected chi connectivity index (χ2v) is 3.94. The van der Waals surface area contributed by atoms with Crippen LogP contribution in [-0.2, 0) is 4.79 Å². The van der Waals surface area contributed by atoms with Gasteiger partial charge in [-0.2, -0.15) is 0 Å². The summed E-state index contributed by atoms with van der Waals surface area (Å²) in [7, 11) is 3.57. The van der Waals surface area contributed by atoms with E-state index in [9.17, 15) is 4.79 Å². The molecule has 3 heteroatoms. The number of nitrogens with zero attached hydrogens (tertiary/aromatic N) is 1. The second kappa shape index (κ2) is 3.90. The molecule has 0 radical (unpaired) electrons. The molecule has 0 aromatic heterocycles. The van der Waals surface area contributed by atoms with Crippen LogP contribution in [0.25, 0.3) is 0 Å². The van der Waals surface area contributed by atoms with Gasteiger partial charge in [-0.25, -0.2) is 0 Å². The van der Waals surface area contributed by atoms with E-state index in [1.165, 1.54) is 12.8 Å². The molecule has 1 amide bonds. The molecule has 1 aliphatic rings. The molecule has 1 aliphatic carbocycles. The Kier molecular flexibility index (Phi) is 3.09. The van der Waals surface area contributed by atoms with Crippen molar-refractivity contribution >= 4 is 5.91 Å². The SMILES string of the molecule is CC1CC(NCC(=O)N(C)C)C1. The number of carbonyl (C=O) groups is 1. The van der Waals surface area contributed by atoms with E-state index in [4.69, 9.17) is 0 Å². The van der Waals surface area contributed by atoms with Gasteiger partial charge >= 0.3 is 0 Å². The molecule has 0 aliphatic heterocycles. The minimum absolute atomic E-state index is 0.162. The van der Waals surface area contributed by atoms with E-state index in [2.05, 4.69) is 12.2 Å². The van der Waals surface area contributed by atoms with Crippen molar-refractivity contribution in [2.24, 2.45) is 5.92 Å². The number of hydrogen-bond donors (Lipinski definition) is 1. The molecule has 0 aromatic rings. The van der Waals surface area contributed by atoms with Gasteiger partial charge in [-0.05, 0) is 18.8 Å². The van der Waals surface area contributed by atoms with Crippen LogP contribution < -0.4 is 5.32 Å². The highest BCUT2D eigenvalue weighted by Gasteiger charge is 2.25. The van der Waals surface area contributed by atoms with Gasteiger partial charge in [0.1, 0.15) is 0 Å². The topological polar surface area (TPSA) is 32.3 Å². The van der Waals surface area contributed by atoms with Crippen LogP contribution in [0.5, 0.6) is 0 Å². The molecule has 12 heavy (non-hydrogen) atoms. The fourth-order valence-corrected chi connectivity index (χ4v) is 1.46. The standard InChI is InChI=1S/C9H18N2O/c1-7-4-8(5-7)10-6-9(12)11(2)3/h7-8,10H,4-6H2,1-3H3. The number of amides is 1. The summed E-state index contributed by atoms with van der Waals surface area (Å²) in [4.78, 5) is 12.8. The van der Waals surface area contributed by atoms with Crippen LogP contribution in [0, 0.1) is 5.92 Å². The van der Waals surface area contributed by atoms with Crippen molar-refractivity contribution in [1.29, 1.82) is 0 Å². The Hall–Kier alpha value is -0.570. The number of likely N-dealkylation sites (N-methyl/N-ethyl adjacent to an activating group) is 1. The van der Waals surface area contributed by atoms with E-state index in [0.717, 1.165) is 5.92 Å². The van der Waals surface area contributed by atoms with Gasteiger partial charge in [0.05, 0.1) is 6.54 Å². The molecule has 1 rings (SSSR count). The van der Waals surface area contributed by atoms with Gasteiger partial charge in [0, 0.05) is 20.1 Å². The lowest BCUT2D eigenvalue weighted by Crippen LogP contribution is -2.44. The lowest BCUT2D eigenvalue weighted by Gasteiger charge is -2.33. The average Bonchev–Trinajstić information content (AvgIpc) is 1.95. The van der Waals surface area contributed by atoms with Crippen LogP contribution in [-0.4, -0.2) is 37.5 Å². The number of carbonyl (C=O) groups excluding carboxylic acids is 1. The Morgan fingerprint density at radius 2 is 2.08 bits per heavy atom. The quantitative estimate of drug-likeness (QED) is 0.667. The lowest BCUT2D eigenvalue weighted by atomic mass is 9.82. The van der Waals surface area contributed by atoms with Gasteiger partial charge in [0.25, 0.3) is 0 Å². The van der Waals surface area contributed by atoms with Crippen molar-refractivity contribution in [3.05, 3.63) is 0 Å². The molecule has 1 fully saturated rings. The van der Waals surface area contributed by atoms with Crippen molar-refractivity contribution in [2.45, 2.75) is 25.8 Å². The van der Waals surface area contributed by atoms with E-state index in [1.807, 2.05) is 0 Å². The molecule has 1 N–H and O–H groups in total. The molecular weight excluding hydrogens is 152 g/mol. The fourth-order valence-electron chi connectivity index (χ4n) is 1.46. The maximum Gasteiger partial charge on any atom is 0.236 e. The van der Waals surface area contributed by atoms with Crippen LogP contribution in [0.4, 0.5) is 0 Å². The van der Waals surface area contributed by atoms with Crippen LogP contribution in [0.15, 0.2) is 0 Å². The highest BCUT2D eigenvalue weighted by atomic mass is 16.2. The monoisotopic (exact) mass is 170 g/mol. The Morgan fingerprint density at radius 3 is 2.50 bits per heavy atom. The minimum atomic E-state index is 0.162. The summed E-state index contributed by atoms with van der Waals surface area (Å²) in [5, 5.41) is 3.24. The Labute approximate surface area is 74.1 Å². The molecular formula is C9H18N2O. The van der Waals surface area contributed by atoms with E-state index < -0.39 is 0 Å². The number of nitrogens with one attached hydrogen (secondary N) is 1. The third kappa shape index (κ3) is 2.48. The Balaban J connectivity index is 2.06. The third-order valence-electron chi connectivity index (χ3n) is 2.41. The van der Waals surface area contributed by atoms with Gasteiger partial charge in [-0.1, -0.05) is 6.92 Å². The van der Waals surface area contributed by atoms with Crippen LogP contribution in [0.2, 0.25) is 0 Å². The van der Waals surface area contributed by atoms with Crippen molar-refractivity contribution < 1.29 is 4.79 Å². The predicted octanol–water partition coefficient (Wildman–Crippen LogP) is 0.463. The van der Waals surface area contributed by atoms with E-state index in [1.54, 1.807) is 19.0 Å². The molecule has 0 saturated heterocycles. The van der Waals surface area contributed by atoms with E-state index in [-0.39, 0.29) is 5.91 Å². The first kappa shape index (κ1) is 9.52. The van der Waals surface area contributed by atoms with Crippen molar-refractivity contribution in [3.8, 4) is 0 Å². The van der Waals surface area contributed by atoms with Gasteiger partial charge < -0.3 is 10.2 Å². The van der Waals surface area contributed by atoms with Crippen LogP contribution >= 0.6 is 0 Å². The van der Waals surface area contributed by atoms with Gasteiger partial charge in [0.2, 0.25) is 5.91 Å². The smallest absolute Gasteiger partial charge is 0.236 e. The second-order valence-electron chi connectivity index (χ2n) is 3.94. The summed E-state index contributed by atoms with van der Waals surface area (Å²) in [6, 6.07) is 0.587. The summed E-state index contributed by atoms with van der Waals surface area (Å²) < 4.78 is 0. The third-order valence-corrected chi connectivity index (χ3v) is 2.41.